The zero-order valence-corrected chi connectivity index (χ0v) is 11.7. The molecule has 1 amide bonds. The summed E-state index contributed by atoms with van der Waals surface area (Å²) in [6, 6.07) is -0.0763. The summed E-state index contributed by atoms with van der Waals surface area (Å²) in [4.78, 5) is 32.7. The minimum Gasteiger partial charge on any atom is -0.481 e. The van der Waals surface area contributed by atoms with Crippen LogP contribution in [0, 0.1) is 13.8 Å². The highest BCUT2D eigenvalue weighted by molar-refractivity contribution is 5.95. The van der Waals surface area contributed by atoms with Gasteiger partial charge in [0.2, 0.25) is 0 Å². The molecule has 6 heteroatoms. The minimum absolute atomic E-state index is 0.0737. The average Bonchev–Trinajstić information content (AvgIpc) is 2.27. The molecule has 1 aromatic heterocycles. The molecule has 0 saturated heterocycles. The van der Waals surface area contributed by atoms with E-state index in [1.165, 1.54) is 11.1 Å². The van der Waals surface area contributed by atoms with E-state index in [0.717, 1.165) is 0 Å². The Morgan fingerprint density at radius 2 is 2.00 bits per heavy atom. The van der Waals surface area contributed by atoms with Crippen LogP contribution in [0.3, 0.4) is 0 Å². The fraction of sp³-hybridized carbons (Fsp3) is 0.538. The highest BCUT2D eigenvalue weighted by atomic mass is 16.4. The lowest BCUT2D eigenvalue weighted by Crippen LogP contribution is -2.39. The van der Waals surface area contributed by atoms with Crippen LogP contribution in [-0.2, 0) is 4.79 Å². The van der Waals surface area contributed by atoms with E-state index in [1.54, 1.807) is 13.8 Å². The number of carboxylic acids is 1. The standard InChI is InChI=1S/C13H19N3O3/c1-8(2)16(6-5-12(17)18)13(19)11-7-14-10(4)15-9(11)3/h7-8H,5-6H2,1-4H3,(H,17,18). The zero-order valence-electron chi connectivity index (χ0n) is 11.7. The van der Waals surface area contributed by atoms with Crippen LogP contribution >= 0.6 is 0 Å². The summed E-state index contributed by atoms with van der Waals surface area (Å²) in [5.74, 6) is -0.542. The highest BCUT2D eigenvalue weighted by Crippen LogP contribution is 2.11. The summed E-state index contributed by atoms with van der Waals surface area (Å²) < 4.78 is 0. The maximum Gasteiger partial charge on any atom is 0.305 e. The molecule has 1 aromatic rings. The molecule has 1 rings (SSSR count). The van der Waals surface area contributed by atoms with Gasteiger partial charge in [0.15, 0.2) is 0 Å². The smallest absolute Gasteiger partial charge is 0.305 e. The quantitative estimate of drug-likeness (QED) is 0.870. The highest BCUT2D eigenvalue weighted by Gasteiger charge is 2.21. The number of carbonyl (C=O) groups is 2. The lowest BCUT2D eigenvalue weighted by Gasteiger charge is -2.26. The fourth-order valence-electron chi connectivity index (χ4n) is 1.76. The van der Waals surface area contributed by atoms with Crippen molar-refractivity contribution in [1.29, 1.82) is 0 Å². The molecule has 0 spiro atoms. The minimum atomic E-state index is -0.921. The topological polar surface area (TPSA) is 83.4 Å². The van der Waals surface area contributed by atoms with Crippen LogP contribution in [-0.4, -0.2) is 44.4 Å². The van der Waals surface area contributed by atoms with Crippen molar-refractivity contribution in [3.63, 3.8) is 0 Å². The number of carbonyl (C=O) groups excluding carboxylic acids is 1. The second-order valence-corrected chi connectivity index (χ2v) is 4.65. The third kappa shape index (κ3) is 4.01. The molecule has 0 aromatic carbocycles. The molecule has 19 heavy (non-hydrogen) atoms. The van der Waals surface area contributed by atoms with Crippen LogP contribution < -0.4 is 0 Å². The number of aromatic nitrogens is 2. The number of aryl methyl sites for hydroxylation is 2. The van der Waals surface area contributed by atoms with Gasteiger partial charge in [-0.1, -0.05) is 0 Å². The molecule has 104 valence electrons. The van der Waals surface area contributed by atoms with Gasteiger partial charge < -0.3 is 10.0 Å². The normalized spacial score (nSPS) is 10.6. The van der Waals surface area contributed by atoms with E-state index in [1.807, 2.05) is 13.8 Å². The van der Waals surface area contributed by atoms with Crippen LogP contribution in [0.25, 0.3) is 0 Å². The Morgan fingerprint density at radius 1 is 1.37 bits per heavy atom. The van der Waals surface area contributed by atoms with Gasteiger partial charge in [0, 0.05) is 18.8 Å². The van der Waals surface area contributed by atoms with E-state index in [0.29, 0.717) is 17.1 Å². The monoisotopic (exact) mass is 265 g/mol. The van der Waals surface area contributed by atoms with Crippen LogP contribution in [0.4, 0.5) is 0 Å². The lowest BCUT2D eigenvalue weighted by atomic mass is 10.1. The Kier molecular flexibility index (Phi) is 4.97. The van der Waals surface area contributed by atoms with Crippen molar-refractivity contribution in [1.82, 2.24) is 14.9 Å². The van der Waals surface area contributed by atoms with Crippen molar-refractivity contribution < 1.29 is 14.7 Å². The van der Waals surface area contributed by atoms with Crippen LogP contribution in [0.5, 0.6) is 0 Å². The molecular weight excluding hydrogens is 246 g/mol. The summed E-state index contributed by atoms with van der Waals surface area (Å²) in [6.07, 6.45) is 1.42. The second-order valence-electron chi connectivity index (χ2n) is 4.65. The van der Waals surface area contributed by atoms with Gasteiger partial charge in [0.1, 0.15) is 5.82 Å². The number of hydrogen-bond acceptors (Lipinski definition) is 4. The number of amides is 1. The van der Waals surface area contributed by atoms with Gasteiger partial charge in [-0.2, -0.15) is 0 Å². The molecule has 6 nitrogen and oxygen atoms in total. The molecule has 0 unspecified atom stereocenters. The van der Waals surface area contributed by atoms with Gasteiger partial charge in [-0.15, -0.1) is 0 Å². The lowest BCUT2D eigenvalue weighted by molar-refractivity contribution is -0.137. The zero-order chi connectivity index (χ0) is 14.6. The van der Waals surface area contributed by atoms with Crippen molar-refractivity contribution in [3.05, 3.63) is 23.3 Å². The van der Waals surface area contributed by atoms with Gasteiger partial charge in [0.25, 0.3) is 5.91 Å². The van der Waals surface area contributed by atoms with Crippen LogP contribution in [0.15, 0.2) is 6.20 Å². The molecule has 0 bridgehead atoms. The predicted octanol–water partition coefficient (Wildman–Crippen LogP) is 1.42. The maximum absolute atomic E-state index is 12.4. The molecule has 0 atom stereocenters. The number of aliphatic carboxylic acids is 1. The fourth-order valence-corrected chi connectivity index (χ4v) is 1.76. The summed E-state index contributed by atoms with van der Waals surface area (Å²) in [5, 5.41) is 8.72. The predicted molar refractivity (Wildman–Crippen MR) is 69.9 cm³/mol. The van der Waals surface area contributed by atoms with Crippen LogP contribution in [0.1, 0.15) is 42.1 Å². The van der Waals surface area contributed by atoms with Crippen molar-refractivity contribution in [2.45, 2.75) is 40.2 Å². The summed E-state index contributed by atoms with van der Waals surface area (Å²) in [5.41, 5.74) is 1.03. The van der Waals surface area contributed by atoms with E-state index in [-0.39, 0.29) is 24.9 Å². The van der Waals surface area contributed by atoms with E-state index in [4.69, 9.17) is 5.11 Å². The first-order chi connectivity index (χ1) is 8.82. The Bertz CT molecular complexity index is 486. The van der Waals surface area contributed by atoms with Gasteiger partial charge in [-0.05, 0) is 27.7 Å². The molecule has 0 aliphatic carbocycles. The van der Waals surface area contributed by atoms with Gasteiger partial charge in [-0.25, -0.2) is 9.97 Å². The van der Waals surface area contributed by atoms with Crippen molar-refractivity contribution in [2.75, 3.05) is 6.54 Å². The third-order valence-electron chi connectivity index (χ3n) is 2.78. The van der Waals surface area contributed by atoms with E-state index in [9.17, 15) is 9.59 Å². The Balaban J connectivity index is 2.95. The van der Waals surface area contributed by atoms with Gasteiger partial charge in [-0.3, -0.25) is 9.59 Å². The largest absolute Gasteiger partial charge is 0.481 e. The molecular formula is C13H19N3O3. The average molecular weight is 265 g/mol. The first kappa shape index (κ1) is 15.1. The van der Waals surface area contributed by atoms with E-state index in [2.05, 4.69) is 9.97 Å². The molecule has 0 fully saturated rings. The number of hydrogen-bond donors (Lipinski definition) is 1. The first-order valence-electron chi connectivity index (χ1n) is 6.16. The van der Waals surface area contributed by atoms with Crippen molar-refractivity contribution in [2.24, 2.45) is 0 Å². The molecule has 0 aliphatic heterocycles. The number of carboxylic acid groups (broad SMARTS) is 1. The Labute approximate surface area is 112 Å². The number of nitrogens with zero attached hydrogens (tertiary/aromatic N) is 3. The number of rotatable bonds is 5. The second kappa shape index (κ2) is 6.26. The van der Waals surface area contributed by atoms with Crippen molar-refractivity contribution >= 4 is 11.9 Å². The molecule has 1 N–H and O–H groups in total. The molecule has 1 heterocycles. The first-order valence-corrected chi connectivity index (χ1v) is 6.16. The van der Waals surface area contributed by atoms with E-state index < -0.39 is 5.97 Å². The van der Waals surface area contributed by atoms with Gasteiger partial charge in [0.05, 0.1) is 17.7 Å². The maximum atomic E-state index is 12.4. The SMILES string of the molecule is Cc1ncc(C(=O)N(CCC(=O)O)C(C)C)c(C)n1. The molecule has 0 aliphatic rings. The van der Waals surface area contributed by atoms with Crippen molar-refractivity contribution in [3.8, 4) is 0 Å². The Morgan fingerprint density at radius 3 is 2.47 bits per heavy atom. The van der Waals surface area contributed by atoms with Crippen LogP contribution in [0.2, 0.25) is 0 Å². The summed E-state index contributed by atoms with van der Waals surface area (Å²) in [6.45, 7) is 7.39. The van der Waals surface area contributed by atoms with E-state index >= 15 is 0 Å². The summed E-state index contributed by atoms with van der Waals surface area (Å²) >= 11 is 0. The third-order valence-corrected chi connectivity index (χ3v) is 2.78. The summed E-state index contributed by atoms with van der Waals surface area (Å²) in [7, 11) is 0. The Hall–Kier alpha value is -1.98. The van der Waals surface area contributed by atoms with Gasteiger partial charge >= 0.3 is 5.97 Å². The molecule has 0 saturated carbocycles. The molecule has 0 radical (unpaired) electrons.